The highest BCUT2D eigenvalue weighted by Crippen LogP contribution is 2.52. The number of nitrogens with zero attached hydrogens (tertiary/aromatic N) is 3. The number of benzene rings is 1. The van der Waals surface area contributed by atoms with E-state index in [4.69, 9.17) is 9.47 Å². The lowest BCUT2D eigenvalue weighted by atomic mass is 9.59. The van der Waals surface area contributed by atoms with E-state index in [1.807, 2.05) is 12.1 Å². The molecule has 1 aliphatic heterocycles. The van der Waals surface area contributed by atoms with Gasteiger partial charge in [-0.2, -0.15) is 9.37 Å². The predicted molar refractivity (Wildman–Crippen MR) is 125 cm³/mol. The highest BCUT2D eigenvalue weighted by atomic mass is 19.1. The Hall–Kier alpha value is -2.45. The Morgan fingerprint density at radius 1 is 1.09 bits per heavy atom. The minimum Gasteiger partial charge on any atom is -0.475 e. The number of aliphatic hydroxyl groups is 1. The second kappa shape index (κ2) is 8.72. The smallest absolute Gasteiger partial charge is 0.255 e. The lowest BCUT2D eigenvalue weighted by Gasteiger charge is -2.50. The van der Waals surface area contributed by atoms with Gasteiger partial charge in [0.1, 0.15) is 0 Å². The highest BCUT2D eigenvalue weighted by molar-refractivity contribution is 5.59. The van der Waals surface area contributed by atoms with E-state index < -0.39 is 11.4 Å². The summed E-state index contributed by atoms with van der Waals surface area (Å²) in [5.41, 5.74) is 1.48. The Bertz CT molecular complexity index is 952. The average Bonchev–Trinajstić information content (AvgIpc) is 2.80. The van der Waals surface area contributed by atoms with Crippen LogP contribution in [-0.4, -0.2) is 52.6 Å². The molecule has 33 heavy (non-hydrogen) atoms. The van der Waals surface area contributed by atoms with Crippen molar-refractivity contribution in [2.45, 2.75) is 70.2 Å². The quantitative estimate of drug-likeness (QED) is 0.665. The van der Waals surface area contributed by atoms with Crippen LogP contribution < -0.4 is 15.0 Å². The standard InChI is InChI=1S/C25H33FN4O3/c1-17-14-30(15-18(2)33-17)20-5-3-19(4-6-20)28-23-27-13-21(26)22(29-23)32-16-24-7-10-25(31,11-8-24)12-9-24/h3-6,13,17-18,31H,7-12,14-16H2,1-2H3,(H,27,28,29)/t17-,18+,24?,25?. The van der Waals surface area contributed by atoms with E-state index in [1.165, 1.54) is 0 Å². The Labute approximate surface area is 194 Å². The van der Waals surface area contributed by atoms with Crippen LogP contribution in [0.2, 0.25) is 0 Å². The zero-order valence-corrected chi connectivity index (χ0v) is 19.4. The Morgan fingerprint density at radius 2 is 1.73 bits per heavy atom. The van der Waals surface area contributed by atoms with Gasteiger partial charge in [-0.15, -0.1) is 0 Å². The molecule has 4 fully saturated rings. The van der Waals surface area contributed by atoms with Crippen molar-refractivity contribution in [3.8, 4) is 5.88 Å². The summed E-state index contributed by atoms with van der Waals surface area (Å²) in [7, 11) is 0. The second-order valence-electron chi connectivity index (χ2n) is 10.2. The molecule has 6 rings (SSSR count). The zero-order chi connectivity index (χ0) is 23.1. The van der Waals surface area contributed by atoms with Crippen LogP contribution in [0.3, 0.4) is 0 Å². The van der Waals surface area contributed by atoms with Gasteiger partial charge in [-0.3, -0.25) is 0 Å². The van der Waals surface area contributed by atoms with Gasteiger partial charge in [-0.1, -0.05) is 0 Å². The zero-order valence-electron chi connectivity index (χ0n) is 19.4. The van der Waals surface area contributed by atoms with E-state index in [2.05, 4.69) is 46.2 Å². The molecule has 1 aromatic carbocycles. The molecule has 8 heteroatoms. The lowest BCUT2D eigenvalue weighted by Crippen LogP contribution is -2.48. The molecule has 0 amide bonds. The highest BCUT2D eigenvalue weighted by Gasteiger charge is 2.48. The minimum absolute atomic E-state index is 0.0137. The molecule has 2 heterocycles. The van der Waals surface area contributed by atoms with E-state index in [-0.39, 0.29) is 23.5 Å². The summed E-state index contributed by atoms with van der Waals surface area (Å²) in [4.78, 5) is 10.7. The summed E-state index contributed by atoms with van der Waals surface area (Å²) in [5, 5.41) is 13.6. The minimum atomic E-state index is -0.564. The number of nitrogens with one attached hydrogen (secondary N) is 1. The van der Waals surface area contributed by atoms with Crippen LogP contribution in [0.4, 0.5) is 21.7 Å². The van der Waals surface area contributed by atoms with Crippen molar-refractivity contribution >= 4 is 17.3 Å². The average molecular weight is 457 g/mol. The molecule has 2 atom stereocenters. The molecule has 0 spiro atoms. The molecule has 0 radical (unpaired) electrons. The summed E-state index contributed by atoms with van der Waals surface area (Å²) >= 11 is 0. The van der Waals surface area contributed by atoms with Crippen LogP contribution in [0.15, 0.2) is 30.5 Å². The van der Waals surface area contributed by atoms with Gasteiger partial charge in [0.2, 0.25) is 11.8 Å². The SMILES string of the molecule is C[C@@H]1CN(c2ccc(Nc3ncc(F)c(OCC45CCC(O)(CC4)CC5)n3)cc2)C[C@H](C)O1. The number of anilines is 3. The molecule has 3 aliphatic carbocycles. The van der Waals surface area contributed by atoms with Crippen molar-refractivity contribution in [1.29, 1.82) is 0 Å². The van der Waals surface area contributed by atoms with Crippen molar-refractivity contribution in [2.75, 3.05) is 29.9 Å². The predicted octanol–water partition coefficient (Wildman–Crippen LogP) is 4.44. The molecular weight excluding hydrogens is 423 g/mol. The summed E-state index contributed by atoms with van der Waals surface area (Å²) in [6, 6.07) is 8.05. The molecule has 2 aromatic rings. The Balaban J connectivity index is 1.22. The van der Waals surface area contributed by atoms with Gasteiger partial charge in [0, 0.05) is 29.9 Å². The number of hydrogen-bond acceptors (Lipinski definition) is 7. The molecule has 178 valence electrons. The summed E-state index contributed by atoms with van der Waals surface area (Å²) in [6.07, 6.45) is 6.68. The first-order chi connectivity index (χ1) is 15.8. The maximum atomic E-state index is 14.4. The third kappa shape index (κ3) is 4.92. The molecule has 0 unspecified atom stereocenters. The van der Waals surface area contributed by atoms with E-state index in [9.17, 15) is 9.50 Å². The van der Waals surface area contributed by atoms with Crippen molar-refractivity contribution in [3.63, 3.8) is 0 Å². The van der Waals surface area contributed by atoms with Crippen LogP contribution in [-0.2, 0) is 4.74 Å². The molecule has 1 aromatic heterocycles. The van der Waals surface area contributed by atoms with Crippen molar-refractivity contribution < 1.29 is 19.0 Å². The molecule has 3 saturated carbocycles. The first kappa shape index (κ1) is 22.3. The lowest BCUT2D eigenvalue weighted by molar-refractivity contribution is -0.104. The number of halogens is 1. The molecule has 4 aliphatic rings. The van der Waals surface area contributed by atoms with E-state index in [1.54, 1.807) is 0 Å². The number of rotatable bonds is 6. The summed E-state index contributed by atoms with van der Waals surface area (Å²) in [5.74, 6) is -0.292. The van der Waals surface area contributed by atoms with Crippen molar-refractivity contribution in [1.82, 2.24) is 9.97 Å². The van der Waals surface area contributed by atoms with Gasteiger partial charge in [0.15, 0.2) is 0 Å². The van der Waals surface area contributed by atoms with Gasteiger partial charge >= 0.3 is 0 Å². The first-order valence-electron chi connectivity index (χ1n) is 12.0. The van der Waals surface area contributed by atoms with E-state index in [0.29, 0.717) is 12.6 Å². The van der Waals surface area contributed by atoms with E-state index >= 15 is 0 Å². The van der Waals surface area contributed by atoms with Gasteiger partial charge in [-0.25, -0.2) is 4.98 Å². The number of morpholine rings is 1. The molecule has 2 N–H and O–H groups in total. The van der Waals surface area contributed by atoms with Gasteiger partial charge in [0.05, 0.1) is 30.6 Å². The second-order valence-corrected chi connectivity index (χ2v) is 10.2. The first-order valence-corrected chi connectivity index (χ1v) is 12.0. The number of hydrogen-bond donors (Lipinski definition) is 2. The van der Waals surface area contributed by atoms with Crippen LogP contribution in [0, 0.1) is 11.2 Å². The van der Waals surface area contributed by atoms with E-state index in [0.717, 1.165) is 69.2 Å². The monoisotopic (exact) mass is 456 g/mol. The van der Waals surface area contributed by atoms with Gasteiger partial charge in [0.25, 0.3) is 5.88 Å². The molecule has 7 nitrogen and oxygen atoms in total. The topological polar surface area (TPSA) is 79.7 Å². The fourth-order valence-corrected chi connectivity index (χ4v) is 5.47. The van der Waals surface area contributed by atoms with Crippen LogP contribution in [0.25, 0.3) is 0 Å². The van der Waals surface area contributed by atoms with Crippen molar-refractivity contribution in [2.24, 2.45) is 5.41 Å². The number of fused-ring (bicyclic) bond motifs is 3. The fourth-order valence-electron chi connectivity index (χ4n) is 5.47. The van der Waals surface area contributed by atoms with Gasteiger partial charge in [-0.05, 0) is 76.6 Å². The van der Waals surface area contributed by atoms with Crippen LogP contribution in [0.5, 0.6) is 5.88 Å². The normalized spacial score (nSPS) is 31.5. The van der Waals surface area contributed by atoms with Crippen molar-refractivity contribution in [3.05, 3.63) is 36.3 Å². The molecule has 2 bridgehead atoms. The molecular formula is C25H33FN4O3. The van der Waals surface area contributed by atoms with Crippen LogP contribution in [0.1, 0.15) is 52.4 Å². The largest absolute Gasteiger partial charge is 0.475 e. The van der Waals surface area contributed by atoms with Crippen LogP contribution >= 0.6 is 0 Å². The summed E-state index contributed by atoms with van der Waals surface area (Å²) < 4.78 is 26.0. The maximum Gasteiger partial charge on any atom is 0.255 e. The fraction of sp³-hybridized carbons (Fsp3) is 0.600. The molecule has 1 saturated heterocycles. The third-order valence-electron chi connectivity index (χ3n) is 7.50. The van der Waals surface area contributed by atoms with Gasteiger partial charge < -0.3 is 24.8 Å². The number of ether oxygens (including phenoxy) is 2. The Kier molecular flexibility index (Phi) is 5.91. The third-order valence-corrected chi connectivity index (χ3v) is 7.50. The number of aromatic nitrogens is 2. The maximum absolute atomic E-state index is 14.4. The summed E-state index contributed by atoms with van der Waals surface area (Å²) in [6.45, 7) is 6.32. The Morgan fingerprint density at radius 3 is 2.36 bits per heavy atom.